The van der Waals surface area contributed by atoms with Crippen molar-refractivity contribution < 1.29 is 4.79 Å². The van der Waals surface area contributed by atoms with Crippen molar-refractivity contribution in [1.82, 2.24) is 4.90 Å². The Bertz CT molecular complexity index is 415. The fourth-order valence-corrected chi connectivity index (χ4v) is 2.79. The third-order valence-corrected chi connectivity index (χ3v) is 3.93. The van der Waals surface area contributed by atoms with Crippen molar-refractivity contribution in [3.05, 3.63) is 34.9 Å². The maximum atomic E-state index is 12.3. The zero-order valence-corrected chi connectivity index (χ0v) is 11.8. The minimum absolute atomic E-state index is 0.167. The van der Waals surface area contributed by atoms with Crippen molar-refractivity contribution in [2.75, 3.05) is 6.54 Å². The fourth-order valence-electron chi connectivity index (χ4n) is 2.66. The third-order valence-electron chi connectivity index (χ3n) is 3.67. The monoisotopic (exact) mass is 265 g/mol. The lowest BCUT2D eigenvalue weighted by Gasteiger charge is -2.38. The molecule has 1 amide bonds. The lowest BCUT2D eigenvalue weighted by Crippen LogP contribution is -2.42. The molecule has 1 aliphatic rings. The van der Waals surface area contributed by atoms with Gasteiger partial charge in [0.15, 0.2) is 0 Å². The molecule has 1 aromatic carbocycles. The normalized spacial score (nSPS) is 24.4. The highest BCUT2D eigenvalue weighted by molar-refractivity contribution is 6.30. The summed E-state index contributed by atoms with van der Waals surface area (Å²) in [4.78, 5) is 14.3. The first-order valence-electron chi connectivity index (χ1n) is 6.69. The van der Waals surface area contributed by atoms with E-state index in [9.17, 15) is 4.79 Å². The summed E-state index contributed by atoms with van der Waals surface area (Å²) in [6.45, 7) is 4.99. The number of benzene rings is 1. The van der Waals surface area contributed by atoms with Crippen molar-refractivity contribution in [3.8, 4) is 0 Å². The molecule has 18 heavy (non-hydrogen) atoms. The van der Waals surface area contributed by atoms with E-state index in [0.717, 1.165) is 30.8 Å². The fraction of sp³-hybridized carbons (Fsp3) is 0.533. The predicted molar refractivity (Wildman–Crippen MR) is 74.6 cm³/mol. The molecule has 2 atom stereocenters. The van der Waals surface area contributed by atoms with Crippen LogP contribution in [0.2, 0.25) is 5.02 Å². The minimum Gasteiger partial charge on any atom is -0.335 e. The Balaban J connectivity index is 2.24. The van der Waals surface area contributed by atoms with Gasteiger partial charge in [-0.25, -0.2) is 0 Å². The molecule has 3 heteroatoms. The Morgan fingerprint density at radius 2 is 1.94 bits per heavy atom. The van der Waals surface area contributed by atoms with Gasteiger partial charge in [-0.05, 0) is 37.0 Å². The van der Waals surface area contributed by atoms with Gasteiger partial charge in [0.25, 0.3) is 0 Å². The second-order valence-electron chi connectivity index (χ2n) is 5.08. The number of halogens is 1. The van der Waals surface area contributed by atoms with Crippen molar-refractivity contribution in [2.24, 2.45) is 5.92 Å². The summed E-state index contributed by atoms with van der Waals surface area (Å²) in [6, 6.07) is 8.12. The molecular weight excluding hydrogens is 246 g/mol. The highest BCUT2D eigenvalue weighted by Crippen LogP contribution is 2.34. The Morgan fingerprint density at radius 1 is 1.28 bits per heavy atom. The number of likely N-dealkylation sites (tertiary alicyclic amines) is 1. The Morgan fingerprint density at radius 3 is 2.56 bits per heavy atom. The summed E-state index contributed by atoms with van der Waals surface area (Å²) < 4.78 is 0. The van der Waals surface area contributed by atoms with Gasteiger partial charge in [-0.2, -0.15) is 0 Å². The smallest absolute Gasteiger partial charge is 0.225 e. The van der Waals surface area contributed by atoms with Crippen LogP contribution in [0.5, 0.6) is 0 Å². The van der Waals surface area contributed by atoms with Crippen molar-refractivity contribution in [2.45, 2.75) is 39.2 Å². The quantitative estimate of drug-likeness (QED) is 0.807. The van der Waals surface area contributed by atoms with Gasteiger partial charge < -0.3 is 4.90 Å². The van der Waals surface area contributed by atoms with Crippen LogP contribution < -0.4 is 0 Å². The first kappa shape index (κ1) is 13.4. The largest absolute Gasteiger partial charge is 0.335 e. The molecule has 1 aliphatic heterocycles. The molecule has 0 aliphatic carbocycles. The average Bonchev–Trinajstić information content (AvgIpc) is 2.37. The SMILES string of the molecule is CCCN1C(=O)C(C)CCC1c1ccc(Cl)cc1. The van der Waals surface area contributed by atoms with Gasteiger partial charge in [0, 0.05) is 17.5 Å². The van der Waals surface area contributed by atoms with Gasteiger partial charge in [0.05, 0.1) is 6.04 Å². The van der Waals surface area contributed by atoms with Gasteiger partial charge in [0.2, 0.25) is 5.91 Å². The van der Waals surface area contributed by atoms with Crippen molar-refractivity contribution >= 4 is 17.5 Å². The lowest BCUT2D eigenvalue weighted by molar-refractivity contribution is -0.141. The number of piperidine rings is 1. The number of carbonyl (C=O) groups is 1. The molecule has 1 aromatic rings. The van der Waals surface area contributed by atoms with E-state index < -0.39 is 0 Å². The van der Waals surface area contributed by atoms with Crippen LogP contribution in [0.15, 0.2) is 24.3 Å². The van der Waals surface area contributed by atoms with Crippen LogP contribution in [0.25, 0.3) is 0 Å². The summed E-state index contributed by atoms with van der Waals surface area (Å²) in [5, 5.41) is 0.747. The van der Waals surface area contributed by atoms with E-state index in [1.54, 1.807) is 0 Å². The van der Waals surface area contributed by atoms with Gasteiger partial charge in [0.1, 0.15) is 0 Å². The molecule has 2 unspecified atom stereocenters. The van der Waals surface area contributed by atoms with Crippen LogP contribution in [0, 0.1) is 5.92 Å². The minimum atomic E-state index is 0.167. The van der Waals surface area contributed by atoms with Gasteiger partial charge in [-0.1, -0.05) is 37.6 Å². The topological polar surface area (TPSA) is 20.3 Å². The van der Waals surface area contributed by atoms with E-state index in [1.165, 1.54) is 5.56 Å². The molecule has 0 bridgehead atoms. The van der Waals surface area contributed by atoms with Gasteiger partial charge in [-0.15, -0.1) is 0 Å². The molecule has 98 valence electrons. The number of amides is 1. The van der Waals surface area contributed by atoms with Gasteiger partial charge in [-0.3, -0.25) is 4.79 Å². The highest BCUT2D eigenvalue weighted by Gasteiger charge is 2.32. The summed E-state index contributed by atoms with van der Waals surface area (Å²) in [5.74, 6) is 0.461. The number of nitrogens with zero attached hydrogens (tertiary/aromatic N) is 1. The van der Waals surface area contributed by atoms with E-state index in [4.69, 9.17) is 11.6 Å². The molecule has 0 aromatic heterocycles. The molecule has 1 heterocycles. The molecule has 2 rings (SSSR count). The van der Waals surface area contributed by atoms with Crippen molar-refractivity contribution in [1.29, 1.82) is 0 Å². The summed E-state index contributed by atoms with van der Waals surface area (Å²) in [6.07, 6.45) is 3.03. The molecular formula is C15H20ClNO. The molecule has 2 nitrogen and oxygen atoms in total. The van der Waals surface area contributed by atoms with Crippen molar-refractivity contribution in [3.63, 3.8) is 0 Å². The Labute approximate surface area is 114 Å². The molecule has 0 radical (unpaired) electrons. The standard InChI is InChI=1S/C15H20ClNO/c1-3-10-17-14(9-4-11(2)15(17)18)12-5-7-13(16)8-6-12/h5-8,11,14H,3-4,9-10H2,1-2H3. The van der Waals surface area contributed by atoms with E-state index in [0.29, 0.717) is 5.91 Å². The maximum absolute atomic E-state index is 12.3. The maximum Gasteiger partial charge on any atom is 0.225 e. The predicted octanol–water partition coefficient (Wildman–Crippen LogP) is 4.05. The number of rotatable bonds is 3. The van der Waals surface area contributed by atoms with Crippen LogP contribution in [0.4, 0.5) is 0 Å². The second-order valence-corrected chi connectivity index (χ2v) is 5.51. The van der Waals surface area contributed by atoms with E-state index in [2.05, 4.69) is 6.92 Å². The third kappa shape index (κ3) is 2.69. The zero-order valence-electron chi connectivity index (χ0n) is 11.0. The highest BCUT2D eigenvalue weighted by atomic mass is 35.5. The van der Waals surface area contributed by atoms with Crippen LogP contribution in [0.3, 0.4) is 0 Å². The average molecular weight is 266 g/mol. The summed E-state index contributed by atoms with van der Waals surface area (Å²) >= 11 is 5.92. The van der Waals surface area contributed by atoms with E-state index >= 15 is 0 Å². The Hall–Kier alpha value is -1.02. The summed E-state index contributed by atoms with van der Waals surface area (Å²) in [7, 11) is 0. The lowest BCUT2D eigenvalue weighted by atomic mass is 9.89. The first-order valence-corrected chi connectivity index (χ1v) is 7.07. The molecule has 0 spiro atoms. The molecule has 1 fully saturated rings. The zero-order chi connectivity index (χ0) is 13.1. The number of carbonyl (C=O) groups excluding carboxylic acids is 1. The molecule has 0 saturated carbocycles. The van der Waals surface area contributed by atoms with Crippen LogP contribution in [-0.4, -0.2) is 17.4 Å². The van der Waals surface area contributed by atoms with Crippen LogP contribution >= 0.6 is 11.6 Å². The molecule has 1 saturated heterocycles. The summed E-state index contributed by atoms with van der Waals surface area (Å²) in [5.41, 5.74) is 1.20. The molecule has 0 N–H and O–H groups in total. The van der Waals surface area contributed by atoms with E-state index in [-0.39, 0.29) is 12.0 Å². The van der Waals surface area contributed by atoms with Crippen LogP contribution in [0.1, 0.15) is 44.7 Å². The van der Waals surface area contributed by atoms with E-state index in [1.807, 2.05) is 36.1 Å². The van der Waals surface area contributed by atoms with Gasteiger partial charge >= 0.3 is 0 Å². The number of hydrogen-bond donors (Lipinski definition) is 0. The Kier molecular flexibility index (Phi) is 4.28. The van der Waals surface area contributed by atoms with Crippen LogP contribution in [-0.2, 0) is 4.79 Å². The first-order chi connectivity index (χ1) is 8.63. The number of hydrogen-bond acceptors (Lipinski definition) is 1. The second kappa shape index (κ2) is 5.75.